The van der Waals surface area contributed by atoms with Crippen molar-refractivity contribution in [3.63, 3.8) is 0 Å². The van der Waals surface area contributed by atoms with E-state index in [2.05, 4.69) is 5.32 Å². The number of ether oxygens (including phenoxy) is 2. The summed E-state index contributed by atoms with van der Waals surface area (Å²) < 4.78 is 46.8. The Labute approximate surface area is 156 Å². The Morgan fingerprint density at radius 2 is 1.96 bits per heavy atom. The molecule has 1 aliphatic carbocycles. The van der Waals surface area contributed by atoms with Gasteiger partial charge in [-0.3, -0.25) is 4.79 Å². The van der Waals surface area contributed by atoms with Crippen molar-refractivity contribution in [3.05, 3.63) is 23.8 Å². The van der Waals surface area contributed by atoms with Gasteiger partial charge in [0.2, 0.25) is 5.91 Å². The molecule has 0 radical (unpaired) electrons. The van der Waals surface area contributed by atoms with Gasteiger partial charge in [-0.15, -0.1) is 0 Å². The predicted molar refractivity (Wildman–Crippen MR) is 93.8 cm³/mol. The van der Waals surface area contributed by atoms with Crippen LogP contribution in [0.2, 0.25) is 0 Å². The predicted octanol–water partition coefficient (Wildman–Crippen LogP) is 3.73. The summed E-state index contributed by atoms with van der Waals surface area (Å²) in [7, 11) is 1.45. The first-order valence-electron chi connectivity index (χ1n) is 9.10. The number of phenolic OH excluding ortho intramolecular Hbond substituents is 1. The van der Waals surface area contributed by atoms with Gasteiger partial charge in [0.05, 0.1) is 19.6 Å². The molecule has 2 rings (SSSR count). The summed E-state index contributed by atoms with van der Waals surface area (Å²) in [5, 5.41) is 12.6. The number of rotatable bonds is 8. The van der Waals surface area contributed by atoms with E-state index in [4.69, 9.17) is 9.47 Å². The molecule has 5 nitrogen and oxygen atoms in total. The topological polar surface area (TPSA) is 67.8 Å². The fraction of sp³-hybridized carbons (Fsp3) is 0.632. The molecule has 0 aliphatic heterocycles. The van der Waals surface area contributed by atoms with E-state index in [-0.39, 0.29) is 43.3 Å². The second-order valence-electron chi connectivity index (χ2n) is 6.81. The molecule has 1 aromatic carbocycles. The lowest BCUT2D eigenvalue weighted by atomic mass is 9.92. The Morgan fingerprint density at radius 1 is 1.26 bits per heavy atom. The molecule has 1 amide bonds. The quantitative estimate of drug-likeness (QED) is 0.665. The Bertz CT molecular complexity index is 613. The Kier molecular flexibility index (Phi) is 7.77. The standard InChI is InChI=1S/C19H26F3NO4/c1-26-17-11-13(3-8-16(17)24)12-18(25)23-14-4-6-15(7-5-14)27-10-2-9-19(20,21)22/h3,8,11,14-15,24H,2,4-7,9-10,12H2,1H3,(H,23,25). The maximum atomic E-state index is 12.2. The van der Waals surface area contributed by atoms with E-state index in [1.165, 1.54) is 13.2 Å². The van der Waals surface area contributed by atoms with Crippen molar-refractivity contribution in [2.24, 2.45) is 0 Å². The van der Waals surface area contributed by atoms with Gasteiger partial charge in [0.1, 0.15) is 0 Å². The number of amides is 1. The number of aromatic hydroxyl groups is 1. The van der Waals surface area contributed by atoms with Crippen molar-refractivity contribution in [3.8, 4) is 11.5 Å². The highest BCUT2D eigenvalue weighted by molar-refractivity contribution is 5.79. The molecule has 2 N–H and O–H groups in total. The van der Waals surface area contributed by atoms with E-state index in [0.29, 0.717) is 5.75 Å². The first-order chi connectivity index (χ1) is 12.8. The third-order valence-corrected chi connectivity index (χ3v) is 4.61. The molecule has 0 spiro atoms. The molecule has 1 aromatic rings. The zero-order valence-corrected chi connectivity index (χ0v) is 15.3. The first-order valence-corrected chi connectivity index (χ1v) is 9.10. The molecule has 0 heterocycles. The van der Waals surface area contributed by atoms with Gasteiger partial charge < -0.3 is 19.9 Å². The van der Waals surface area contributed by atoms with Crippen LogP contribution in [0.5, 0.6) is 11.5 Å². The molecule has 0 saturated heterocycles. The highest BCUT2D eigenvalue weighted by Crippen LogP contribution is 2.27. The number of carbonyl (C=O) groups is 1. The average Bonchev–Trinajstić information content (AvgIpc) is 2.61. The van der Waals surface area contributed by atoms with Crippen LogP contribution in [-0.4, -0.2) is 43.1 Å². The second-order valence-corrected chi connectivity index (χ2v) is 6.81. The number of nitrogens with one attached hydrogen (secondary N) is 1. The largest absolute Gasteiger partial charge is 0.504 e. The lowest BCUT2D eigenvalue weighted by Gasteiger charge is -2.29. The van der Waals surface area contributed by atoms with E-state index < -0.39 is 12.6 Å². The van der Waals surface area contributed by atoms with Gasteiger partial charge in [-0.1, -0.05) is 6.07 Å². The van der Waals surface area contributed by atoms with Gasteiger partial charge in [-0.05, 0) is 49.8 Å². The van der Waals surface area contributed by atoms with Crippen LogP contribution in [-0.2, 0) is 16.0 Å². The summed E-state index contributed by atoms with van der Waals surface area (Å²) in [4.78, 5) is 12.2. The number of hydrogen-bond donors (Lipinski definition) is 2. The fourth-order valence-electron chi connectivity index (χ4n) is 3.19. The molecule has 27 heavy (non-hydrogen) atoms. The van der Waals surface area contributed by atoms with E-state index >= 15 is 0 Å². The molecule has 0 bridgehead atoms. The zero-order valence-electron chi connectivity index (χ0n) is 15.3. The van der Waals surface area contributed by atoms with Crippen molar-refractivity contribution >= 4 is 5.91 Å². The third-order valence-electron chi connectivity index (χ3n) is 4.61. The van der Waals surface area contributed by atoms with Crippen molar-refractivity contribution in [1.82, 2.24) is 5.32 Å². The van der Waals surface area contributed by atoms with Crippen LogP contribution >= 0.6 is 0 Å². The van der Waals surface area contributed by atoms with E-state index in [1.54, 1.807) is 12.1 Å². The van der Waals surface area contributed by atoms with Crippen LogP contribution in [0.15, 0.2) is 18.2 Å². The SMILES string of the molecule is COc1cc(CC(=O)NC2CCC(OCCCC(F)(F)F)CC2)ccc1O. The summed E-state index contributed by atoms with van der Waals surface area (Å²) in [5.74, 6) is 0.232. The molecule has 1 aliphatic rings. The average molecular weight is 389 g/mol. The molecule has 1 saturated carbocycles. The highest BCUT2D eigenvalue weighted by Gasteiger charge is 2.27. The molecule has 0 aromatic heterocycles. The normalized spacial score (nSPS) is 20.3. The van der Waals surface area contributed by atoms with Gasteiger partial charge in [0.15, 0.2) is 11.5 Å². The number of halogens is 3. The molecule has 0 unspecified atom stereocenters. The van der Waals surface area contributed by atoms with Gasteiger partial charge in [-0.2, -0.15) is 13.2 Å². The molecule has 0 atom stereocenters. The molecule has 8 heteroatoms. The summed E-state index contributed by atoms with van der Waals surface area (Å²) in [6, 6.07) is 4.83. The lowest BCUT2D eigenvalue weighted by molar-refractivity contribution is -0.139. The summed E-state index contributed by atoms with van der Waals surface area (Å²) in [6.07, 6.45) is -1.88. The molecule has 152 valence electrons. The summed E-state index contributed by atoms with van der Waals surface area (Å²) in [5.41, 5.74) is 0.740. The number of phenols is 1. The van der Waals surface area contributed by atoms with Gasteiger partial charge in [0, 0.05) is 19.1 Å². The number of alkyl halides is 3. The van der Waals surface area contributed by atoms with Crippen molar-refractivity contribution < 1.29 is 32.5 Å². The molecular weight excluding hydrogens is 363 g/mol. The number of methoxy groups -OCH3 is 1. The van der Waals surface area contributed by atoms with Crippen molar-refractivity contribution in [2.45, 2.75) is 63.3 Å². The third kappa shape index (κ3) is 7.66. The van der Waals surface area contributed by atoms with E-state index in [9.17, 15) is 23.1 Å². The first kappa shape index (κ1) is 21.3. The number of carbonyl (C=O) groups excluding carboxylic acids is 1. The minimum atomic E-state index is -4.13. The Hall–Kier alpha value is -1.96. The number of hydrogen-bond acceptors (Lipinski definition) is 4. The van der Waals surface area contributed by atoms with Crippen LogP contribution in [0.4, 0.5) is 13.2 Å². The maximum absolute atomic E-state index is 12.2. The zero-order chi connectivity index (χ0) is 19.9. The Morgan fingerprint density at radius 3 is 2.59 bits per heavy atom. The Balaban J connectivity index is 1.67. The summed E-state index contributed by atoms with van der Waals surface area (Å²) >= 11 is 0. The van der Waals surface area contributed by atoms with E-state index in [0.717, 1.165) is 31.2 Å². The van der Waals surface area contributed by atoms with Gasteiger partial charge >= 0.3 is 6.18 Å². The lowest BCUT2D eigenvalue weighted by Crippen LogP contribution is -2.39. The van der Waals surface area contributed by atoms with Gasteiger partial charge in [-0.25, -0.2) is 0 Å². The molecule has 1 fully saturated rings. The maximum Gasteiger partial charge on any atom is 0.389 e. The molecular formula is C19H26F3NO4. The minimum absolute atomic E-state index is 0.0176. The van der Waals surface area contributed by atoms with Crippen molar-refractivity contribution in [2.75, 3.05) is 13.7 Å². The fourth-order valence-corrected chi connectivity index (χ4v) is 3.19. The van der Waals surface area contributed by atoms with Crippen LogP contribution in [0.3, 0.4) is 0 Å². The van der Waals surface area contributed by atoms with Crippen LogP contribution in [0, 0.1) is 0 Å². The summed E-state index contributed by atoms with van der Waals surface area (Å²) in [6.45, 7) is 0.115. The van der Waals surface area contributed by atoms with Crippen LogP contribution in [0.1, 0.15) is 44.1 Å². The van der Waals surface area contributed by atoms with Gasteiger partial charge in [0.25, 0.3) is 0 Å². The van der Waals surface area contributed by atoms with Crippen LogP contribution < -0.4 is 10.1 Å². The van der Waals surface area contributed by atoms with E-state index in [1.807, 2.05) is 0 Å². The number of benzene rings is 1. The van der Waals surface area contributed by atoms with Crippen molar-refractivity contribution in [1.29, 1.82) is 0 Å². The monoisotopic (exact) mass is 389 g/mol. The minimum Gasteiger partial charge on any atom is -0.504 e. The second kappa shape index (κ2) is 9.82. The van der Waals surface area contributed by atoms with Crippen LogP contribution in [0.25, 0.3) is 0 Å². The smallest absolute Gasteiger partial charge is 0.389 e. The highest BCUT2D eigenvalue weighted by atomic mass is 19.4.